The van der Waals surface area contributed by atoms with Gasteiger partial charge in [0.2, 0.25) is 0 Å². The van der Waals surface area contributed by atoms with E-state index in [0.717, 1.165) is 11.1 Å². The van der Waals surface area contributed by atoms with E-state index in [1.165, 1.54) is 7.11 Å². The molecule has 0 radical (unpaired) electrons. The molecule has 0 heterocycles. The van der Waals surface area contributed by atoms with Crippen LogP contribution in [0.15, 0.2) is 48.5 Å². The van der Waals surface area contributed by atoms with Gasteiger partial charge in [0.05, 0.1) is 0 Å². The minimum absolute atomic E-state index is 0.553. The molecule has 0 saturated carbocycles. The summed E-state index contributed by atoms with van der Waals surface area (Å²) >= 11 is 0. The first-order valence-corrected chi connectivity index (χ1v) is 7.98. The molecule has 0 aliphatic heterocycles. The van der Waals surface area contributed by atoms with Crippen molar-refractivity contribution in [1.29, 1.82) is 0 Å². The molecule has 20 heavy (non-hydrogen) atoms. The molecular weight excluding hydrogens is 272 g/mol. The number of hydrogen-bond donors (Lipinski definition) is 1. The summed E-state index contributed by atoms with van der Waals surface area (Å²) in [5, 5.41) is 0. The Kier molecular flexibility index (Phi) is 4.44. The summed E-state index contributed by atoms with van der Waals surface area (Å²) < 4.78 is 16.3. The lowest BCUT2D eigenvalue weighted by Crippen LogP contribution is -2.51. The quantitative estimate of drug-likeness (QED) is 0.860. The number of aryl methyl sites for hydroxylation is 2. The van der Waals surface area contributed by atoms with Crippen molar-refractivity contribution in [2.45, 2.75) is 13.8 Å². The third-order valence-electron chi connectivity index (χ3n) is 2.92. The van der Waals surface area contributed by atoms with Crippen LogP contribution in [0.25, 0.3) is 0 Å². The zero-order valence-corrected chi connectivity index (χ0v) is 12.8. The van der Waals surface area contributed by atoms with Gasteiger partial charge >= 0.3 is 9.05 Å². The molecule has 1 N–H and O–H groups in total. The van der Waals surface area contributed by atoms with E-state index in [9.17, 15) is 4.80 Å². The fraction of sp³-hybridized carbons (Fsp3) is 0.200. The van der Waals surface area contributed by atoms with Crippen LogP contribution in [0.1, 0.15) is 11.1 Å². The Hall–Kier alpha value is -1.82. The second-order valence-corrected chi connectivity index (χ2v) is 6.33. The van der Waals surface area contributed by atoms with Crippen molar-refractivity contribution < 1.29 is 18.1 Å². The van der Waals surface area contributed by atoms with Crippen molar-refractivity contribution >= 4 is 9.05 Å². The van der Waals surface area contributed by atoms with Crippen molar-refractivity contribution in [3.8, 4) is 11.5 Å². The zero-order valence-electron chi connectivity index (χ0n) is 11.8. The zero-order chi connectivity index (χ0) is 14.6. The van der Waals surface area contributed by atoms with Gasteiger partial charge in [-0.15, -0.1) is 0 Å². The van der Waals surface area contributed by atoms with E-state index in [-0.39, 0.29) is 0 Å². The van der Waals surface area contributed by atoms with E-state index in [0.29, 0.717) is 11.5 Å². The molecule has 0 aromatic heterocycles. The first-order valence-electron chi connectivity index (χ1n) is 6.31. The molecule has 2 rings (SSSR count). The van der Waals surface area contributed by atoms with E-state index >= 15 is 0 Å². The summed E-state index contributed by atoms with van der Waals surface area (Å²) in [6.45, 7) is 3.79. The normalized spacial score (nSPS) is 11.2. The summed E-state index contributed by atoms with van der Waals surface area (Å²) in [6, 6.07) is 14.8. The topological polar surface area (TPSA) is 47.9 Å². The molecule has 5 heteroatoms. The van der Waals surface area contributed by atoms with Crippen molar-refractivity contribution in [1.82, 2.24) is 0 Å². The molecule has 4 nitrogen and oxygen atoms in total. The van der Waals surface area contributed by atoms with Crippen LogP contribution in [-0.4, -0.2) is 21.0 Å². The number of para-hydroxylation sites is 2. The minimum Gasteiger partial charge on any atom is -0.471 e. The van der Waals surface area contributed by atoms with Crippen LogP contribution in [0, 0.1) is 13.8 Å². The summed E-state index contributed by atoms with van der Waals surface area (Å²) in [5.41, 5.74) is 1.81. The maximum atomic E-state index is 10.4. The van der Waals surface area contributed by atoms with Crippen LogP contribution in [-0.2, 0) is 4.43 Å². The Morgan fingerprint density at radius 3 is 1.55 bits per heavy atom. The first kappa shape index (κ1) is 14.6. The van der Waals surface area contributed by atoms with Gasteiger partial charge < -0.3 is 18.1 Å². The van der Waals surface area contributed by atoms with Crippen LogP contribution < -0.4 is 8.85 Å². The molecule has 0 amide bonds. The van der Waals surface area contributed by atoms with Crippen molar-refractivity contribution in [2.24, 2.45) is 0 Å². The van der Waals surface area contributed by atoms with Gasteiger partial charge in [-0.25, -0.2) is 0 Å². The Labute approximate surface area is 120 Å². The van der Waals surface area contributed by atoms with E-state index in [4.69, 9.17) is 13.3 Å². The Morgan fingerprint density at radius 1 is 0.800 bits per heavy atom. The summed E-state index contributed by atoms with van der Waals surface area (Å²) in [7, 11) is -2.39. The average Bonchev–Trinajstić information content (AvgIpc) is 2.44. The number of benzene rings is 2. The lowest BCUT2D eigenvalue weighted by atomic mass is 10.2. The molecule has 0 fully saturated rings. The number of hydrogen-bond acceptors (Lipinski definition) is 4. The monoisotopic (exact) mass is 290 g/mol. The minimum atomic E-state index is -3.77. The molecule has 2 aromatic carbocycles. The third-order valence-corrected chi connectivity index (χ3v) is 4.39. The molecule has 0 bridgehead atoms. The largest absolute Gasteiger partial charge is 0.817 e. The molecule has 106 valence electrons. The average molecular weight is 290 g/mol. The van der Waals surface area contributed by atoms with Crippen molar-refractivity contribution in [2.75, 3.05) is 7.11 Å². The van der Waals surface area contributed by atoms with Crippen LogP contribution in [0.2, 0.25) is 0 Å². The predicted octanol–water partition coefficient (Wildman–Crippen LogP) is 2.84. The highest BCUT2D eigenvalue weighted by atomic mass is 28.4. The summed E-state index contributed by atoms with van der Waals surface area (Å²) in [6.07, 6.45) is 0. The fourth-order valence-corrected chi connectivity index (χ4v) is 2.95. The smallest absolute Gasteiger partial charge is 0.471 e. The van der Waals surface area contributed by atoms with Crippen molar-refractivity contribution in [3.63, 3.8) is 0 Å². The van der Waals surface area contributed by atoms with Crippen molar-refractivity contribution in [3.05, 3.63) is 59.7 Å². The maximum absolute atomic E-state index is 10.4. The molecule has 0 saturated heterocycles. The molecule has 0 spiro atoms. The molecule has 0 atom stereocenters. The van der Waals surface area contributed by atoms with Crippen LogP contribution >= 0.6 is 0 Å². The van der Waals surface area contributed by atoms with Gasteiger partial charge in [0.25, 0.3) is 0 Å². The van der Waals surface area contributed by atoms with Gasteiger partial charge in [0, 0.05) is 7.11 Å². The first-order chi connectivity index (χ1) is 9.54. The van der Waals surface area contributed by atoms with Gasteiger partial charge in [0.15, 0.2) is 0 Å². The van der Waals surface area contributed by atoms with Gasteiger partial charge in [0.1, 0.15) is 11.5 Å². The summed E-state index contributed by atoms with van der Waals surface area (Å²) in [4.78, 5) is 10.4. The van der Waals surface area contributed by atoms with E-state index in [1.54, 1.807) is 12.1 Å². The van der Waals surface area contributed by atoms with Gasteiger partial charge in [-0.3, -0.25) is 0 Å². The van der Waals surface area contributed by atoms with E-state index in [1.807, 2.05) is 50.2 Å². The Morgan fingerprint density at radius 2 is 1.20 bits per heavy atom. The van der Waals surface area contributed by atoms with Crippen LogP contribution in [0.3, 0.4) is 0 Å². The van der Waals surface area contributed by atoms with Gasteiger partial charge in [-0.2, -0.15) is 0 Å². The number of rotatable bonds is 5. The molecular formula is C15H18O4Si. The van der Waals surface area contributed by atoms with Crippen LogP contribution in [0.5, 0.6) is 11.5 Å². The lowest BCUT2D eigenvalue weighted by molar-refractivity contribution is 0.108. The standard InChI is InChI=1S/C15H18O4Si/c1-12-8-4-6-10-14(12)18-20(16,17-3)19-15-11-7-5-9-13(15)2/h4-11,16H,1-3H3. The second kappa shape index (κ2) is 6.09. The van der Waals surface area contributed by atoms with E-state index in [2.05, 4.69) is 0 Å². The Bertz CT molecular complexity index is 538. The van der Waals surface area contributed by atoms with Crippen LogP contribution in [0.4, 0.5) is 0 Å². The Balaban J connectivity index is 2.22. The molecule has 0 aliphatic carbocycles. The summed E-state index contributed by atoms with van der Waals surface area (Å²) in [5.74, 6) is 1.11. The molecule has 2 aromatic rings. The lowest BCUT2D eigenvalue weighted by Gasteiger charge is -2.23. The van der Waals surface area contributed by atoms with E-state index < -0.39 is 9.05 Å². The predicted molar refractivity (Wildman–Crippen MR) is 78.6 cm³/mol. The maximum Gasteiger partial charge on any atom is 0.817 e. The molecule has 0 unspecified atom stereocenters. The van der Waals surface area contributed by atoms with Gasteiger partial charge in [-0.05, 0) is 37.1 Å². The second-order valence-electron chi connectivity index (χ2n) is 4.46. The highest BCUT2D eigenvalue weighted by molar-refractivity contribution is 6.53. The fourth-order valence-electron chi connectivity index (χ4n) is 1.72. The SMILES string of the molecule is CO[Si](O)(Oc1ccccc1C)Oc1ccccc1C. The molecule has 0 aliphatic rings. The highest BCUT2D eigenvalue weighted by Gasteiger charge is 2.46. The highest BCUT2D eigenvalue weighted by Crippen LogP contribution is 2.24. The third kappa shape index (κ3) is 3.39. The van der Waals surface area contributed by atoms with Gasteiger partial charge in [-0.1, -0.05) is 36.4 Å².